The van der Waals surface area contributed by atoms with E-state index in [9.17, 15) is 13.2 Å². The van der Waals surface area contributed by atoms with Crippen LogP contribution in [0.25, 0.3) is 0 Å². The Morgan fingerprint density at radius 1 is 1.07 bits per heavy atom. The smallest absolute Gasteiger partial charge is 0.406 e. The molecule has 2 aliphatic rings. The number of ether oxygens (including phenoxy) is 3. The van der Waals surface area contributed by atoms with E-state index in [1.807, 2.05) is 6.08 Å². The lowest BCUT2D eigenvalue weighted by Crippen LogP contribution is -2.40. The summed E-state index contributed by atoms with van der Waals surface area (Å²) in [5, 5.41) is 0. The number of halogens is 3. The van der Waals surface area contributed by atoms with Crippen molar-refractivity contribution in [3.8, 4) is 17.6 Å². The minimum absolute atomic E-state index is 0.132. The van der Waals surface area contributed by atoms with Crippen molar-refractivity contribution < 1.29 is 27.4 Å². The molecule has 2 fully saturated rings. The Kier molecular flexibility index (Phi) is 7.63. The fraction of sp³-hybridized carbons (Fsp3) is 0.565. The zero-order valence-corrected chi connectivity index (χ0v) is 16.4. The van der Waals surface area contributed by atoms with Crippen molar-refractivity contribution in [2.75, 3.05) is 13.2 Å². The molecule has 0 N–H and O–H groups in total. The third-order valence-corrected chi connectivity index (χ3v) is 5.58. The average Bonchev–Trinajstić information content (AvgIpc) is 2.71. The molecule has 0 radical (unpaired) electrons. The van der Waals surface area contributed by atoms with Gasteiger partial charge in [-0.3, -0.25) is 0 Å². The predicted octanol–water partition coefficient (Wildman–Crippen LogP) is 5.49. The Morgan fingerprint density at radius 2 is 1.79 bits per heavy atom. The molecule has 1 aliphatic carbocycles. The van der Waals surface area contributed by atoms with E-state index in [0.717, 1.165) is 12.3 Å². The molecule has 158 valence electrons. The minimum Gasteiger partial charge on any atom is -0.406 e. The first kappa shape index (κ1) is 21.7. The maximum atomic E-state index is 12.2. The molecular weight excluding hydrogens is 381 g/mol. The average molecular weight is 408 g/mol. The van der Waals surface area contributed by atoms with Gasteiger partial charge in [-0.1, -0.05) is 30.8 Å². The van der Waals surface area contributed by atoms with Crippen LogP contribution < -0.4 is 4.74 Å². The number of hydrogen-bond donors (Lipinski definition) is 0. The van der Waals surface area contributed by atoms with Crippen molar-refractivity contribution in [1.29, 1.82) is 0 Å². The molecule has 0 spiro atoms. The van der Waals surface area contributed by atoms with Gasteiger partial charge < -0.3 is 14.2 Å². The maximum Gasteiger partial charge on any atom is 0.573 e. The van der Waals surface area contributed by atoms with Crippen LogP contribution in [0.5, 0.6) is 5.75 Å². The normalized spacial score (nSPS) is 27.6. The summed E-state index contributed by atoms with van der Waals surface area (Å²) in [5.74, 6) is 7.00. The van der Waals surface area contributed by atoms with Crippen LogP contribution in [0.4, 0.5) is 13.2 Å². The summed E-state index contributed by atoms with van der Waals surface area (Å²) < 4.78 is 52.3. The van der Waals surface area contributed by atoms with Crippen LogP contribution in [0.2, 0.25) is 0 Å². The van der Waals surface area contributed by atoms with E-state index < -0.39 is 6.36 Å². The molecule has 1 saturated carbocycles. The fourth-order valence-corrected chi connectivity index (χ4v) is 3.98. The predicted molar refractivity (Wildman–Crippen MR) is 104 cm³/mol. The number of rotatable bonds is 5. The molecule has 6 heteroatoms. The van der Waals surface area contributed by atoms with Crippen molar-refractivity contribution in [3.63, 3.8) is 0 Å². The van der Waals surface area contributed by atoms with Crippen molar-refractivity contribution in [3.05, 3.63) is 42.5 Å². The van der Waals surface area contributed by atoms with E-state index in [4.69, 9.17) is 9.47 Å². The summed E-state index contributed by atoms with van der Waals surface area (Å²) in [4.78, 5) is 0. The van der Waals surface area contributed by atoms with Gasteiger partial charge in [-0.05, 0) is 61.8 Å². The third-order valence-electron chi connectivity index (χ3n) is 5.58. The van der Waals surface area contributed by atoms with Gasteiger partial charge in [-0.25, -0.2) is 0 Å². The molecule has 1 saturated heterocycles. The molecule has 2 unspecified atom stereocenters. The zero-order valence-electron chi connectivity index (χ0n) is 16.4. The van der Waals surface area contributed by atoms with Crippen molar-refractivity contribution in [1.82, 2.24) is 0 Å². The van der Waals surface area contributed by atoms with Crippen molar-refractivity contribution in [2.24, 2.45) is 11.8 Å². The summed E-state index contributed by atoms with van der Waals surface area (Å²) in [6, 6.07) is 5.48. The van der Waals surface area contributed by atoms with E-state index in [1.165, 1.54) is 56.4 Å². The topological polar surface area (TPSA) is 27.7 Å². The van der Waals surface area contributed by atoms with Crippen LogP contribution in [0.15, 0.2) is 36.9 Å². The van der Waals surface area contributed by atoms with Gasteiger partial charge in [-0.2, -0.15) is 0 Å². The van der Waals surface area contributed by atoms with Crippen LogP contribution in [0.3, 0.4) is 0 Å². The molecule has 1 aromatic carbocycles. The Hall–Kier alpha value is -1.97. The van der Waals surface area contributed by atoms with E-state index in [-0.39, 0.29) is 18.0 Å². The molecule has 1 aromatic rings. The second kappa shape index (κ2) is 10.2. The Morgan fingerprint density at radius 3 is 2.38 bits per heavy atom. The number of allylic oxidation sites excluding steroid dienone is 1. The van der Waals surface area contributed by atoms with Gasteiger partial charge in [0, 0.05) is 5.56 Å². The molecule has 1 aliphatic heterocycles. The van der Waals surface area contributed by atoms with Crippen molar-refractivity contribution in [2.45, 2.75) is 57.1 Å². The van der Waals surface area contributed by atoms with Crippen LogP contribution in [-0.4, -0.2) is 31.8 Å². The number of benzene rings is 1. The summed E-state index contributed by atoms with van der Waals surface area (Å²) in [6.07, 6.45) is 4.30. The fourth-order valence-electron chi connectivity index (χ4n) is 3.98. The quantitative estimate of drug-likeness (QED) is 0.476. The SMILES string of the molecule is C=CCC[C@H]1CC[C@H](C2COC(C#Cc3ccc(OC(F)(F)F)cc3)CO2)CC1. The first-order valence-electron chi connectivity index (χ1n) is 10.1. The van der Waals surface area contributed by atoms with Gasteiger partial charge in [-0.15, -0.1) is 19.8 Å². The second-order valence-electron chi connectivity index (χ2n) is 7.68. The monoisotopic (exact) mass is 408 g/mol. The lowest BCUT2D eigenvalue weighted by molar-refractivity contribution is -0.274. The molecule has 3 nitrogen and oxygen atoms in total. The largest absolute Gasteiger partial charge is 0.573 e. The molecule has 0 amide bonds. The minimum atomic E-state index is -4.69. The molecular formula is C23H27F3O3. The molecule has 1 heterocycles. The van der Waals surface area contributed by atoms with Crippen LogP contribution in [-0.2, 0) is 9.47 Å². The highest BCUT2D eigenvalue weighted by Gasteiger charge is 2.32. The number of hydrogen-bond acceptors (Lipinski definition) is 3. The Labute approximate surface area is 170 Å². The Balaban J connectivity index is 1.42. The van der Waals surface area contributed by atoms with Gasteiger partial charge in [0.05, 0.1) is 19.3 Å². The summed E-state index contributed by atoms with van der Waals surface area (Å²) in [7, 11) is 0. The van der Waals surface area contributed by atoms with E-state index in [2.05, 4.69) is 23.2 Å². The van der Waals surface area contributed by atoms with Gasteiger partial charge >= 0.3 is 6.36 Å². The highest BCUT2D eigenvalue weighted by Crippen LogP contribution is 2.35. The molecule has 3 rings (SSSR count). The highest BCUT2D eigenvalue weighted by atomic mass is 19.4. The van der Waals surface area contributed by atoms with Crippen molar-refractivity contribution >= 4 is 0 Å². The molecule has 29 heavy (non-hydrogen) atoms. The standard InChI is InChI=1S/C23H27F3O3/c1-2-3-4-17-5-10-19(11-6-17)22-16-27-21(15-28-22)14-9-18-7-12-20(13-8-18)29-23(24,25)26/h2,7-8,12-13,17,19,21-22H,1,3-6,10-11,15-16H2/t17-,19-,21?,22?. The molecule has 0 bridgehead atoms. The lowest BCUT2D eigenvalue weighted by Gasteiger charge is -2.36. The zero-order chi connectivity index (χ0) is 20.7. The first-order valence-corrected chi connectivity index (χ1v) is 10.1. The van der Waals surface area contributed by atoms with Gasteiger partial charge in [0.15, 0.2) is 0 Å². The molecule has 0 aromatic heterocycles. The van der Waals surface area contributed by atoms with Gasteiger partial charge in [0.1, 0.15) is 11.9 Å². The number of alkyl halides is 3. The summed E-state index contributed by atoms with van der Waals surface area (Å²) in [6.45, 7) is 4.76. The van der Waals surface area contributed by atoms with Crippen LogP contribution in [0.1, 0.15) is 44.1 Å². The van der Waals surface area contributed by atoms with E-state index in [0.29, 0.717) is 24.7 Å². The second-order valence-corrected chi connectivity index (χ2v) is 7.68. The van der Waals surface area contributed by atoms with Gasteiger partial charge in [0.2, 0.25) is 0 Å². The first-order chi connectivity index (χ1) is 13.9. The summed E-state index contributed by atoms with van der Waals surface area (Å²) >= 11 is 0. The highest BCUT2D eigenvalue weighted by molar-refractivity contribution is 5.38. The van der Waals surface area contributed by atoms with Gasteiger partial charge in [0.25, 0.3) is 0 Å². The summed E-state index contributed by atoms with van der Waals surface area (Å²) in [5.41, 5.74) is 0.600. The molecule has 2 atom stereocenters. The van der Waals surface area contributed by atoms with E-state index in [1.54, 1.807) is 0 Å². The lowest BCUT2D eigenvalue weighted by atomic mass is 9.77. The Bertz CT molecular complexity index is 702. The maximum absolute atomic E-state index is 12.2. The van der Waals surface area contributed by atoms with Crippen LogP contribution in [0, 0.1) is 23.7 Å². The third kappa shape index (κ3) is 7.09. The van der Waals surface area contributed by atoms with E-state index >= 15 is 0 Å². The van der Waals surface area contributed by atoms with Crippen LogP contribution >= 0.6 is 0 Å².